The lowest BCUT2D eigenvalue weighted by Crippen LogP contribution is -2.46. The third-order valence-corrected chi connectivity index (χ3v) is 7.04. The van der Waals surface area contributed by atoms with E-state index in [0.29, 0.717) is 30.1 Å². The number of hydrogen-bond donors (Lipinski definition) is 1. The van der Waals surface area contributed by atoms with Gasteiger partial charge in [0.25, 0.3) is 0 Å². The van der Waals surface area contributed by atoms with Crippen LogP contribution in [0.1, 0.15) is 28.8 Å². The summed E-state index contributed by atoms with van der Waals surface area (Å²) in [6.07, 6.45) is 1.79. The van der Waals surface area contributed by atoms with Crippen molar-refractivity contribution >= 4 is 28.1 Å². The van der Waals surface area contributed by atoms with Crippen LogP contribution >= 0.6 is 0 Å². The van der Waals surface area contributed by atoms with Gasteiger partial charge in [-0.15, -0.1) is 0 Å². The van der Waals surface area contributed by atoms with Crippen LogP contribution in [0.25, 0.3) is 22.2 Å². The maximum absolute atomic E-state index is 13.5. The third kappa shape index (κ3) is 3.32. The Labute approximate surface area is 192 Å². The fourth-order valence-electron chi connectivity index (χ4n) is 5.27. The molecule has 0 bridgehead atoms. The Balaban J connectivity index is 1.28. The quantitative estimate of drug-likeness (QED) is 0.498. The Morgan fingerprint density at radius 3 is 2.58 bits per heavy atom. The lowest BCUT2D eigenvalue weighted by atomic mass is 9.86. The monoisotopic (exact) mass is 448 g/mol. The number of anilines is 2. The van der Waals surface area contributed by atoms with Gasteiger partial charge in [0, 0.05) is 69.9 Å². The molecule has 8 heteroatoms. The van der Waals surface area contributed by atoms with Crippen molar-refractivity contribution in [3.05, 3.63) is 41.5 Å². The maximum atomic E-state index is 13.5. The molecule has 3 aromatic rings. The minimum atomic E-state index is -0.357. The number of aromatic nitrogens is 1. The number of benzene rings is 2. The lowest BCUT2D eigenvalue weighted by Gasteiger charge is -2.37. The molecule has 8 nitrogen and oxygen atoms in total. The second kappa shape index (κ2) is 7.83. The van der Waals surface area contributed by atoms with Crippen LogP contribution in [0.5, 0.6) is 0 Å². The Kier molecular flexibility index (Phi) is 4.90. The predicted octanol–water partition coefficient (Wildman–Crippen LogP) is 3.36. The van der Waals surface area contributed by atoms with Crippen LogP contribution in [-0.4, -0.2) is 75.1 Å². The second-order valence-electron chi connectivity index (χ2n) is 9.20. The molecule has 0 unspecified atom stereocenters. The first kappa shape index (κ1) is 20.7. The maximum Gasteiger partial charge on any atom is 0.196 e. The normalized spacial score (nSPS) is 19.3. The van der Waals surface area contributed by atoms with Crippen LogP contribution in [0.3, 0.4) is 0 Å². The predicted molar refractivity (Wildman–Crippen MR) is 126 cm³/mol. The number of ketones is 1. The van der Waals surface area contributed by atoms with Gasteiger partial charge in [-0.25, -0.2) is 0 Å². The number of nitrogens with zero attached hydrogens (tertiary/aromatic N) is 3. The summed E-state index contributed by atoms with van der Waals surface area (Å²) in [5.41, 5.74) is 4.58. The highest BCUT2D eigenvalue weighted by Crippen LogP contribution is 2.45. The van der Waals surface area contributed by atoms with Crippen LogP contribution in [0.4, 0.5) is 11.4 Å². The van der Waals surface area contributed by atoms with Crippen molar-refractivity contribution in [2.75, 3.05) is 63.7 Å². The van der Waals surface area contributed by atoms with Gasteiger partial charge in [-0.05, 0) is 6.07 Å². The number of fused-ring (bicyclic) bond motifs is 2. The molecule has 6 rings (SSSR count). The highest BCUT2D eigenvalue weighted by Gasteiger charge is 2.39. The summed E-state index contributed by atoms with van der Waals surface area (Å²) in [6, 6.07) is 9.60. The van der Waals surface area contributed by atoms with E-state index in [-0.39, 0.29) is 11.6 Å². The molecule has 1 spiro atoms. The van der Waals surface area contributed by atoms with Gasteiger partial charge in [0.15, 0.2) is 17.3 Å². The minimum Gasteiger partial charge on any atom is -0.383 e. The molecule has 172 valence electrons. The molecule has 1 N–H and O–H groups in total. The van der Waals surface area contributed by atoms with Crippen molar-refractivity contribution in [2.45, 2.75) is 18.6 Å². The average Bonchev–Trinajstić information content (AvgIpc) is 3.47. The van der Waals surface area contributed by atoms with Gasteiger partial charge >= 0.3 is 0 Å². The number of ether oxygens (including phenoxy) is 2. The van der Waals surface area contributed by atoms with Crippen molar-refractivity contribution < 1.29 is 18.8 Å². The van der Waals surface area contributed by atoms with E-state index in [2.05, 4.69) is 15.4 Å². The standard InChI is InChI=1S/C25H28N4O4/c1-28(2)19-15-18(26-9-12-29-10-7-25(8-11-29)31-13-14-32-25)20-21-22(19)27-33-24(21)17-6-4-3-5-16(17)23(20)30/h3-6,15,26H,7-14H2,1-2H3. The molecule has 0 radical (unpaired) electrons. The van der Waals surface area contributed by atoms with Crippen LogP contribution in [0, 0.1) is 0 Å². The Morgan fingerprint density at radius 1 is 1.12 bits per heavy atom. The van der Waals surface area contributed by atoms with Crippen LogP contribution in [0.2, 0.25) is 0 Å². The number of carbonyl (C=O) groups excluding carboxylic acids is 1. The summed E-state index contributed by atoms with van der Waals surface area (Å²) >= 11 is 0. The molecule has 0 saturated carbocycles. The van der Waals surface area contributed by atoms with E-state index in [4.69, 9.17) is 14.0 Å². The van der Waals surface area contributed by atoms with Crippen molar-refractivity contribution in [3.63, 3.8) is 0 Å². The molecular weight excluding hydrogens is 420 g/mol. The number of carbonyl (C=O) groups is 1. The van der Waals surface area contributed by atoms with E-state index >= 15 is 0 Å². The van der Waals surface area contributed by atoms with Gasteiger partial charge in [-0.1, -0.05) is 29.4 Å². The van der Waals surface area contributed by atoms with Crippen molar-refractivity contribution in [2.24, 2.45) is 0 Å². The molecule has 2 saturated heterocycles. The van der Waals surface area contributed by atoms with E-state index in [9.17, 15) is 4.79 Å². The summed E-state index contributed by atoms with van der Waals surface area (Å²) in [6.45, 7) is 4.89. The van der Waals surface area contributed by atoms with Crippen molar-refractivity contribution in [3.8, 4) is 11.3 Å². The zero-order valence-electron chi connectivity index (χ0n) is 19.0. The van der Waals surface area contributed by atoms with Gasteiger partial charge in [-0.3, -0.25) is 4.79 Å². The Morgan fingerprint density at radius 2 is 1.85 bits per heavy atom. The van der Waals surface area contributed by atoms with Crippen molar-refractivity contribution in [1.82, 2.24) is 10.1 Å². The first-order chi connectivity index (χ1) is 16.1. The summed E-state index contributed by atoms with van der Waals surface area (Å²) in [5, 5.41) is 8.69. The number of rotatable bonds is 5. The summed E-state index contributed by atoms with van der Waals surface area (Å²) in [7, 11) is 3.95. The van der Waals surface area contributed by atoms with Crippen LogP contribution in [-0.2, 0) is 9.47 Å². The molecule has 3 heterocycles. The molecule has 2 aromatic carbocycles. The molecule has 2 aliphatic heterocycles. The van der Waals surface area contributed by atoms with Gasteiger partial charge in [-0.2, -0.15) is 0 Å². The Bertz CT molecular complexity index is 1220. The number of likely N-dealkylation sites (tertiary alicyclic amines) is 1. The Hall–Kier alpha value is -2.94. The van der Waals surface area contributed by atoms with E-state index in [1.807, 2.05) is 49.3 Å². The minimum absolute atomic E-state index is 0.00884. The summed E-state index contributed by atoms with van der Waals surface area (Å²) in [4.78, 5) is 18.0. The van der Waals surface area contributed by atoms with Gasteiger partial charge in [0.1, 0.15) is 5.52 Å². The highest BCUT2D eigenvalue weighted by molar-refractivity contribution is 6.28. The lowest BCUT2D eigenvalue weighted by molar-refractivity contribution is -0.184. The molecule has 0 amide bonds. The average molecular weight is 449 g/mol. The molecule has 0 atom stereocenters. The SMILES string of the molecule is CN(C)c1cc(NCCN2CCC3(CC2)OCCO3)c2c3c(onc13)-c1ccccc1C2=O. The topological polar surface area (TPSA) is 80.1 Å². The van der Waals surface area contributed by atoms with E-state index in [0.717, 1.165) is 66.9 Å². The van der Waals surface area contributed by atoms with E-state index in [1.165, 1.54) is 0 Å². The first-order valence-electron chi connectivity index (χ1n) is 11.6. The van der Waals surface area contributed by atoms with Crippen LogP contribution in [0.15, 0.2) is 34.9 Å². The molecule has 1 aliphatic carbocycles. The fourth-order valence-corrected chi connectivity index (χ4v) is 5.27. The summed E-state index contributed by atoms with van der Waals surface area (Å²) in [5.74, 6) is 0.318. The molecule has 33 heavy (non-hydrogen) atoms. The van der Waals surface area contributed by atoms with Gasteiger partial charge in [0.05, 0.1) is 29.9 Å². The number of piperidine rings is 1. The second-order valence-corrected chi connectivity index (χ2v) is 9.20. The molecule has 3 aliphatic rings. The first-order valence-corrected chi connectivity index (χ1v) is 11.6. The van der Waals surface area contributed by atoms with E-state index in [1.54, 1.807) is 0 Å². The van der Waals surface area contributed by atoms with Gasteiger partial charge in [0.2, 0.25) is 0 Å². The zero-order valence-corrected chi connectivity index (χ0v) is 19.0. The number of hydrogen-bond acceptors (Lipinski definition) is 8. The van der Waals surface area contributed by atoms with Gasteiger partial charge < -0.3 is 29.1 Å². The fraction of sp³-hybridized carbons (Fsp3) is 0.440. The zero-order chi connectivity index (χ0) is 22.6. The van der Waals surface area contributed by atoms with E-state index < -0.39 is 0 Å². The van der Waals surface area contributed by atoms with Crippen molar-refractivity contribution in [1.29, 1.82) is 0 Å². The highest BCUT2D eigenvalue weighted by atomic mass is 16.7. The third-order valence-electron chi connectivity index (χ3n) is 7.04. The molecular formula is C25H28N4O4. The number of nitrogens with one attached hydrogen (secondary N) is 1. The molecule has 2 fully saturated rings. The molecule has 1 aromatic heterocycles. The smallest absolute Gasteiger partial charge is 0.196 e. The summed E-state index contributed by atoms with van der Waals surface area (Å²) < 4.78 is 17.5. The van der Waals surface area contributed by atoms with Crippen LogP contribution < -0.4 is 10.2 Å². The largest absolute Gasteiger partial charge is 0.383 e.